The maximum atomic E-state index is 14.0. The van der Waals surface area contributed by atoms with Gasteiger partial charge in [-0.25, -0.2) is 9.59 Å². The largest absolute Gasteiger partial charge is 0.467 e. The van der Waals surface area contributed by atoms with E-state index in [1.807, 2.05) is 27.7 Å². The minimum atomic E-state index is -1.05. The van der Waals surface area contributed by atoms with Gasteiger partial charge in [0.25, 0.3) is 0 Å². The van der Waals surface area contributed by atoms with Crippen LogP contribution in [0.1, 0.15) is 102 Å². The third-order valence-electron chi connectivity index (χ3n) is 8.45. The summed E-state index contributed by atoms with van der Waals surface area (Å²) >= 11 is 0. The van der Waals surface area contributed by atoms with Crippen molar-refractivity contribution in [2.75, 3.05) is 28.3 Å². The lowest BCUT2D eigenvalue weighted by Gasteiger charge is -2.36. The number of hydrogen-bond donors (Lipinski definition) is 3. The highest BCUT2D eigenvalue weighted by atomic mass is 16.6. The van der Waals surface area contributed by atoms with E-state index < -0.39 is 89.4 Å². The molecule has 0 aromatic rings. The Labute approximate surface area is 305 Å². The van der Waals surface area contributed by atoms with Gasteiger partial charge in [-0.05, 0) is 71.6 Å². The lowest BCUT2D eigenvalue weighted by molar-refractivity contribution is -0.149. The molecule has 0 unspecified atom stereocenters. The zero-order valence-electron chi connectivity index (χ0n) is 33.8. The molecule has 0 aliphatic carbocycles. The number of rotatable bonds is 18. The summed E-state index contributed by atoms with van der Waals surface area (Å²) in [6, 6.07) is -5.87. The summed E-state index contributed by atoms with van der Waals surface area (Å²) in [5.74, 6) is -3.67. The molecule has 0 saturated carbocycles. The van der Waals surface area contributed by atoms with E-state index in [2.05, 4.69) is 16.0 Å². The zero-order chi connectivity index (χ0) is 40.1. The normalized spacial score (nSPS) is 15.1. The predicted molar refractivity (Wildman–Crippen MR) is 194 cm³/mol. The van der Waals surface area contributed by atoms with Gasteiger partial charge in [-0.2, -0.15) is 0 Å². The van der Waals surface area contributed by atoms with E-state index in [1.165, 1.54) is 56.8 Å². The number of nitrogens with zero attached hydrogens (tertiary/aromatic N) is 3. The Morgan fingerprint density at radius 1 is 0.647 bits per heavy atom. The molecule has 0 aromatic heterocycles. The fourth-order valence-electron chi connectivity index (χ4n) is 5.30. The van der Waals surface area contributed by atoms with Crippen molar-refractivity contribution in [2.24, 2.45) is 17.8 Å². The molecule has 0 heterocycles. The molecule has 0 aromatic carbocycles. The molecule has 6 amide bonds. The number of amides is 6. The van der Waals surface area contributed by atoms with Gasteiger partial charge < -0.3 is 40.1 Å². The van der Waals surface area contributed by atoms with Gasteiger partial charge in [-0.3, -0.25) is 24.0 Å². The van der Waals surface area contributed by atoms with Crippen molar-refractivity contribution in [3.8, 4) is 0 Å². The number of likely N-dealkylation sites (N-methyl/N-ethyl adjacent to an activating group) is 3. The van der Waals surface area contributed by atoms with E-state index in [0.29, 0.717) is 6.42 Å². The van der Waals surface area contributed by atoms with Gasteiger partial charge in [-0.15, -0.1) is 0 Å². The van der Waals surface area contributed by atoms with E-state index in [9.17, 15) is 33.6 Å². The Hall–Kier alpha value is -3.91. The van der Waals surface area contributed by atoms with Crippen LogP contribution in [0, 0.1) is 17.8 Å². The van der Waals surface area contributed by atoms with Crippen molar-refractivity contribution in [1.29, 1.82) is 0 Å². The monoisotopic (exact) mass is 726 g/mol. The first-order chi connectivity index (χ1) is 23.3. The third kappa shape index (κ3) is 15.1. The van der Waals surface area contributed by atoms with Crippen LogP contribution in [0.15, 0.2) is 0 Å². The van der Waals surface area contributed by atoms with Crippen LogP contribution in [-0.2, 0) is 38.2 Å². The van der Waals surface area contributed by atoms with Crippen molar-refractivity contribution >= 4 is 41.6 Å². The Bertz CT molecular complexity index is 1220. The SMILES string of the molecule is CC[C@H](NC(=O)OC(C)(C)C)C(=O)N(C)[C@H](C)C(=O)N(C)[C@@H](CC(C)C)C(=O)N[C@H](C(=O)N(C)[C@@H](CC(C)C)C(=O)N[C@@H](C)C(=O)OC)C(C)C. The van der Waals surface area contributed by atoms with Crippen LogP contribution >= 0.6 is 0 Å². The second-order valence-electron chi connectivity index (χ2n) is 15.4. The fraction of sp³-hybridized carbons (Fsp3) is 0.806. The molecule has 0 radical (unpaired) electrons. The second-order valence-corrected chi connectivity index (χ2v) is 15.4. The van der Waals surface area contributed by atoms with Crippen LogP contribution in [0.25, 0.3) is 0 Å². The number of esters is 1. The molecule has 51 heavy (non-hydrogen) atoms. The minimum Gasteiger partial charge on any atom is -0.467 e. The van der Waals surface area contributed by atoms with E-state index >= 15 is 0 Å². The number of carbonyl (C=O) groups is 7. The highest BCUT2D eigenvalue weighted by Gasteiger charge is 2.39. The summed E-state index contributed by atoms with van der Waals surface area (Å²) in [6.45, 7) is 21.0. The van der Waals surface area contributed by atoms with Gasteiger partial charge in [0.1, 0.15) is 41.9 Å². The van der Waals surface area contributed by atoms with Crippen LogP contribution < -0.4 is 16.0 Å². The molecule has 15 heteroatoms. The first-order valence-electron chi connectivity index (χ1n) is 17.8. The fourth-order valence-corrected chi connectivity index (χ4v) is 5.30. The van der Waals surface area contributed by atoms with Gasteiger partial charge in [0, 0.05) is 21.1 Å². The van der Waals surface area contributed by atoms with Crippen LogP contribution in [-0.4, -0.2) is 126 Å². The predicted octanol–water partition coefficient (Wildman–Crippen LogP) is 2.70. The number of alkyl carbamates (subject to hydrolysis) is 1. The molecule has 0 spiro atoms. The highest BCUT2D eigenvalue weighted by Crippen LogP contribution is 2.18. The topological polar surface area (TPSA) is 184 Å². The molecule has 0 saturated heterocycles. The molecule has 15 nitrogen and oxygen atoms in total. The maximum absolute atomic E-state index is 14.0. The standard InChI is InChI=1S/C36H66N6O9/c1-17-25(38-35(49)51-36(10,11)12)32(46)40(13)24(9)31(45)41(14)27(19-21(4)5)30(44)39-28(22(6)7)33(47)42(15)26(18-20(2)3)29(43)37-23(8)34(48)50-16/h20-28H,17-19H2,1-16H3,(H,37,43)(H,38,49)(H,39,44)/t23-,24+,25-,26-,27-,28-/m0/s1. The van der Waals surface area contributed by atoms with Crippen molar-refractivity contribution in [1.82, 2.24) is 30.7 Å². The second kappa shape index (κ2) is 20.8. The summed E-state index contributed by atoms with van der Waals surface area (Å²) in [5.41, 5.74) is -0.765. The molecule has 0 fully saturated rings. The van der Waals surface area contributed by atoms with E-state index in [4.69, 9.17) is 9.47 Å². The molecular formula is C36H66N6O9. The molecule has 0 rings (SSSR count). The highest BCUT2D eigenvalue weighted by molar-refractivity contribution is 5.96. The average Bonchev–Trinajstić information content (AvgIpc) is 3.03. The van der Waals surface area contributed by atoms with Gasteiger partial charge >= 0.3 is 12.1 Å². The Balaban J connectivity index is 6.20. The molecule has 3 N–H and O–H groups in total. The Morgan fingerprint density at radius 3 is 1.49 bits per heavy atom. The number of nitrogens with one attached hydrogen (secondary N) is 3. The quantitative estimate of drug-likeness (QED) is 0.179. The van der Waals surface area contributed by atoms with Crippen molar-refractivity contribution in [2.45, 2.75) is 144 Å². The lowest BCUT2D eigenvalue weighted by atomic mass is 9.96. The maximum Gasteiger partial charge on any atom is 0.408 e. The van der Waals surface area contributed by atoms with Crippen molar-refractivity contribution < 1.29 is 43.0 Å². The van der Waals surface area contributed by atoms with E-state index in [-0.39, 0.29) is 24.7 Å². The van der Waals surface area contributed by atoms with Crippen molar-refractivity contribution in [3.63, 3.8) is 0 Å². The smallest absolute Gasteiger partial charge is 0.408 e. The van der Waals surface area contributed by atoms with Gasteiger partial charge in [0.05, 0.1) is 7.11 Å². The van der Waals surface area contributed by atoms with Gasteiger partial charge in [0.2, 0.25) is 29.5 Å². The first-order valence-corrected chi connectivity index (χ1v) is 17.8. The minimum absolute atomic E-state index is 0.0132. The summed E-state index contributed by atoms with van der Waals surface area (Å²) < 4.78 is 10.0. The Kier molecular flexibility index (Phi) is 19.2. The van der Waals surface area contributed by atoms with E-state index in [1.54, 1.807) is 41.5 Å². The first kappa shape index (κ1) is 47.1. The van der Waals surface area contributed by atoms with Gasteiger partial charge in [-0.1, -0.05) is 48.5 Å². The summed E-state index contributed by atoms with van der Waals surface area (Å²) in [7, 11) is 5.63. The average molecular weight is 727 g/mol. The van der Waals surface area contributed by atoms with E-state index in [0.717, 1.165) is 0 Å². The lowest BCUT2D eigenvalue weighted by Crippen LogP contribution is -2.60. The number of hydrogen-bond acceptors (Lipinski definition) is 9. The summed E-state index contributed by atoms with van der Waals surface area (Å²) in [4.78, 5) is 96.5. The summed E-state index contributed by atoms with van der Waals surface area (Å²) in [6.07, 6.45) is 0.0485. The van der Waals surface area contributed by atoms with Crippen LogP contribution in [0.3, 0.4) is 0 Å². The molecule has 0 aliphatic heterocycles. The summed E-state index contributed by atoms with van der Waals surface area (Å²) in [5, 5.41) is 8.02. The number of ether oxygens (including phenoxy) is 2. The van der Waals surface area contributed by atoms with Crippen LogP contribution in [0.4, 0.5) is 4.79 Å². The van der Waals surface area contributed by atoms with Crippen molar-refractivity contribution in [3.05, 3.63) is 0 Å². The number of methoxy groups -OCH3 is 1. The van der Waals surface area contributed by atoms with Gasteiger partial charge in [0.15, 0.2) is 0 Å². The zero-order valence-corrected chi connectivity index (χ0v) is 33.8. The molecule has 6 atom stereocenters. The molecular weight excluding hydrogens is 660 g/mol. The van der Waals surface area contributed by atoms with Crippen LogP contribution in [0.5, 0.6) is 0 Å². The third-order valence-corrected chi connectivity index (χ3v) is 8.45. The molecule has 294 valence electrons. The van der Waals surface area contributed by atoms with Crippen LogP contribution in [0.2, 0.25) is 0 Å². The number of carbonyl (C=O) groups excluding carboxylic acids is 7. The molecule has 0 bridgehead atoms. The molecule has 0 aliphatic rings. The Morgan fingerprint density at radius 2 is 1.10 bits per heavy atom.